The molecule has 2 aromatic heterocycles. The molecular weight excluding hydrogens is 221 g/mol. The lowest BCUT2D eigenvalue weighted by atomic mass is 10.3. The van der Waals surface area contributed by atoms with Crippen LogP contribution in [-0.2, 0) is 6.42 Å². The van der Waals surface area contributed by atoms with E-state index in [0.29, 0.717) is 5.82 Å². The van der Waals surface area contributed by atoms with Crippen molar-refractivity contribution in [2.24, 2.45) is 0 Å². The Morgan fingerprint density at radius 2 is 2.19 bits per heavy atom. The van der Waals surface area contributed by atoms with E-state index in [1.165, 1.54) is 6.07 Å². The number of anilines is 2. The monoisotopic (exact) mass is 230 g/mol. The summed E-state index contributed by atoms with van der Waals surface area (Å²) >= 11 is 0. The number of hydrogen-bond acceptors (Lipinski definition) is 2. The van der Waals surface area contributed by atoms with Crippen LogP contribution in [-0.4, -0.2) is 21.4 Å². The van der Waals surface area contributed by atoms with E-state index in [1.807, 2.05) is 0 Å². The minimum atomic E-state index is -4.22. The molecule has 0 radical (unpaired) electrons. The van der Waals surface area contributed by atoms with Crippen molar-refractivity contribution in [2.75, 3.05) is 5.32 Å². The standard InChI is InChI=1S/C9H9F3N4/c10-9(11,12)4-7-3-8(16-15-7)14-6-1-2-13-5-6/h1-3,5,13H,4H2,(H2,14,15,16). The molecule has 86 valence electrons. The summed E-state index contributed by atoms with van der Waals surface area (Å²) in [5, 5.41) is 8.91. The minimum Gasteiger partial charge on any atom is -0.366 e. The van der Waals surface area contributed by atoms with Gasteiger partial charge in [0.15, 0.2) is 5.82 Å². The van der Waals surface area contributed by atoms with Crippen LogP contribution in [0.1, 0.15) is 5.69 Å². The van der Waals surface area contributed by atoms with Crippen molar-refractivity contribution in [1.29, 1.82) is 0 Å². The Balaban J connectivity index is 2.03. The molecule has 0 aromatic carbocycles. The van der Waals surface area contributed by atoms with Gasteiger partial charge in [0, 0.05) is 24.2 Å². The van der Waals surface area contributed by atoms with Gasteiger partial charge >= 0.3 is 6.18 Å². The van der Waals surface area contributed by atoms with Gasteiger partial charge in [0.1, 0.15) is 0 Å². The highest BCUT2D eigenvalue weighted by Gasteiger charge is 2.28. The Morgan fingerprint density at radius 1 is 1.38 bits per heavy atom. The van der Waals surface area contributed by atoms with Gasteiger partial charge in [-0.3, -0.25) is 5.10 Å². The second kappa shape index (κ2) is 3.92. The maximum absolute atomic E-state index is 12.1. The SMILES string of the molecule is FC(F)(F)Cc1cc(Nc2cc[nH]c2)n[nH]1. The molecule has 0 aliphatic rings. The highest BCUT2D eigenvalue weighted by molar-refractivity contribution is 5.54. The normalized spacial score (nSPS) is 11.7. The van der Waals surface area contributed by atoms with Crippen molar-refractivity contribution in [3.05, 3.63) is 30.2 Å². The number of H-pyrrole nitrogens is 2. The molecule has 2 heterocycles. The highest BCUT2D eigenvalue weighted by Crippen LogP contribution is 2.22. The van der Waals surface area contributed by atoms with Crippen molar-refractivity contribution in [1.82, 2.24) is 15.2 Å². The van der Waals surface area contributed by atoms with E-state index < -0.39 is 12.6 Å². The van der Waals surface area contributed by atoms with Gasteiger partial charge in [-0.05, 0) is 6.07 Å². The minimum absolute atomic E-state index is 0.0329. The summed E-state index contributed by atoms with van der Waals surface area (Å²) in [6, 6.07) is 3.08. The van der Waals surface area contributed by atoms with Gasteiger partial charge < -0.3 is 10.3 Å². The quantitative estimate of drug-likeness (QED) is 0.759. The smallest absolute Gasteiger partial charge is 0.366 e. The summed E-state index contributed by atoms with van der Waals surface area (Å²) in [6.45, 7) is 0. The van der Waals surface area contributed by atoms with Gasteiger partial charge in [-0.25, -0.2) is 0 Å². The molecular formula is C9H9F3N4. The summed E-state index contributed by atoms with van der Waals surface area (Å²) < 4.78 is 36.2. The first-order chi connectivity index (χ1) is 7.53. The first-order valence-corrected chi connectivity index (χ1v) is 4.54. The zero-order chi connectivity index (χ0) is 11.6. The summed E-state index contributed by atoms with van der Waals surface area (Å²) in [4.78, 5) is 2.81. The molecule has 2 rings (SSSR count). The molecule has 0 atom stereocenters. The number of aromatic amines is 2. The topological polar surface area (TPSA) is 56.5 Å². The molecule has 0 fully saturated rings. The molecule has 0 spiro atoms. The van der Waals surface area contributed by atoms with Crippen LogP contribution in [0.2, 0.25) is 0 Å². The van der Waals surface area contributed by atoms with Crippen LogP contribution in [0.25, 0.3) is 0 Å². The molecule has 0 saturated carbocycles. The average molecular weight is 230 g/mol. The molecule has 0 saturated heterocycles. The molecule has 0 aliphatic heterocycles. The van der Waals surface area contributed by atoms with Crippen molar-refractivity contribution >= 4 is 11.5 Å². The molecule has 2 aromatic rings. The zero-order valence-electron chi connectivity index (χ0n) is 8.10. The van der Waals surface area contributed by atoms with Crippen LogP contribution in [0.5, 0.6) is 0 Å². The largest absolute Gasteiger partial charge is 0.394 e. The Hall–Kier alpha value is -1.92. The lowest BCUT2D eigenvalue weighted by Crippen LogP contribution is -2.11. The van der Waals surface area contributed by atoms with E-state index in [-0.39, 0.29) is 5.69 Å². The van der Waals surface area contributed by atoms with E-state index in [0.717, 1.165) is 5.69 Å². The van der Waals surface area contributed by atoms with Crippen molar-refractivity contribution < 1.29 is 13.2 Å². The van der Waals surface area contributed by atoms with E-state index >= 15 is 0 Å². The average Bonchev–Trinajstić information content (AvgIpc) is 2.75. The number of rotatable bonds is 3. The van der Waals surface area contributed by atoms with Crippen molar-refractivity contribution in [2.45, 2.75) is 12.6 Å². The molecule has 4 nitrogen and oxygen atoms in total. The Morgan fingerprint density at radius 3 is 2.81 bits per heavy atom. The van der Waals surface area contributed by atoms with Crippen LogP contribution in [0, 0.1) is 0 Å². The maximum Gasteiger partial charge on any atom is 0.394 e. The Labute approximate surface area is 88.9 Å². The number of halogens is 3. The molecule has 16 heavy (non-hydrogen) atoms. The lowest BCUT2D eigenvalue weighted by molar-refractivity contribution is -0.127. The van der Waals surface area contributed by atoms with Crippen molar-refractivity contribution in [3.63, 3.8) is 0 Å². The molecule has 0 unspecified atom stereocenters. The fourth-order valence-electron chi connectivity index (χ4n) is 1.28. The predicted octanol–water partition coefficient (Wildman–Crippen LogP) is 2.59. The third-order valence-electron chi connectivity index (χ3n) is 1.89. The van der Waals surface area contributed by atoms with Gasteiger partial charge in [-0.2, -0.15) is 18.3 Å². The van der Waals surface area contributed by atoms with Gasteiger partial charge in [0.2, 0.25) is 0 Å². The summed E-state index contributed by atoms with van der Waals surface area (Å²) in [7, 11) is 0. The third kappa shape index (κ3) is 2.78. The summed E-state index contributed by atoms with van der Waals surface area (Å²) in [5.41, 5.74) is 0.774. The lowest BCUT2D eigenvalue weighted by Gasteiger charge is -2.02. The Kier molecular flexibility index (Phi) is 2.59. The maximum atomic E-state index is 12.1. The van der Waals surface area contributed by atoms with E-state index in [4.69, 9.17) is 0 Å². The molecule has 7 heteroatoms. The number of hydrogen-bond donors (Lipinski definition) is 3. The van der Waals surface area contributed by atoms with Gasteiger partial charge in [0.05, 0.1) is 12.1 Å². The first-order valence-electron chi connectivity index (χ1n) is 4.54. The number of nitrogens with zero attached hydrogens (tertiary/aromatic N) is 1. The van der Waals surface area contributed by atoms with Gasteiger partial charge in [0.25, 0.3) is 0 Å². The highest BCUT2D eigenvalue weighted by atomic mass is 19.4. The van der Waals surface area contributed by atoms with E-state index in [2.05, 4.69) is 20.5 Å². The molecule has 0 amide bonds. The summed E-state index contributed by atoms with van der Waals surface area (Å²) in [6.07, 6.45) is -1.85. The molecule has 3 N–H and O–H groups in total. The molecule has 0 bridgehead atoms. The van der Waals surface area contributed by atoms with Crippen LogP contribution < -0.4 is 5.32 Å². The van der Waals surface area contributed by atoms with Crippen LogP contribution >= 0.6 is 0 Å². The third-order valence-corrected chi connectivity index (χ3v) is 1.89. The van der Waals surface area contributed by atoms with E-state index in [9.17, 15) is 13.2 Å². The summed E-state index contributed by atoms with van der Waals surface area (Å²) in [5.74, 6) is 0.360. The van der Waals surface area contributed by atoms with Crippen molar-refractivity contribution in [3.8, 4) is 0 Å². The number of alkyl halides is 3. The molecule has 0 aliphatic carbocycles. The second-order valence-corrected chi connectivity index (χ2v) is 3.30. The van der Waals surface area contributed by atoms with Crippen LogP contribution in [0.3, 0.4) is 0 Å². The van der Waals surface area contributed by atoms with Crippen LogP contribution in [0.4, 0.5) is 24.7 Å². The second-order valence-electron chi connectivity index (χ2n) is 3.30. The van der Waals surface area contributed by atoms with Gasteiger partial charge in [-0.1, -0.05) is 0 Å². The number of aromatic nitrogens is 3. The van der Waals surface area contributed by atoms with Gasteiger partial charge in [-0.15, -0.1) is 0 Å². The number of nitrogens with one attached hydrogen (secondary N) is 3. The first kappa shape index (κ1) is 10.6. The zero-order valence-corrected chi connectivity index (χ0v) is 8.10. The van der Waals surface area contributed by atoms with Crippen LogP contribution in [0.15, 0.2) is 24.5 Å². The predicted molar refractivity (Wildman–Crippen MR) is 52.4 cm³/mol. The van der Waals surface area contributed by atoms with E-state index in [1.54, 1.807) is 18.5 Å². The Bertz CT molecular complexity index is 444. The fraction of sp³-hybridized carbons (Fsp3) is 0.222. The fourth-order valence-corrected chi connectivity index (χ4v) is 1.28.